The Bertz CT molecular complexity index is 884. The van der Waals surface area contributed by atoms with Gasteiger partial charge < -0.3 is 5.32 Å². The maximum absolute atomic E-state index is 12.7. The Balaban J connectivity index is 1.65. The molecule has 1 heterocycles. The highest BCUT2D eigenvalue weighted by Gasteiger charge is 2.11. The van der Waals surface area contributed by atoms with Gasteiger partial charge in [0.1, 0.15) is 5.82 Å². The molecule has 0 saturated carbocycles. The minimum Gasteiger partial charge on any atom is -0.307 e. The molecule has 28 heavy (non-hydrogen) atoms. The molecule has 146 valence electrons. The van der Waals surface area contributed by atoms with Gasteiger partial charge in [-0.3, -0.25) is 9.69 Å². The summed E-state index contributed by atoms with van der Waals surface area (Å²) in [5, 5.41) is 7.30. The zero-order valence-corrected chi connectivity index (χ0v) is 16.8. The Morgan fingerprint density at radius 3 is 2.39 bits per heavy atom. The van der Waals surface area contributed by atoms with Crippen molar-refractivity contribution in [1.29, 1.82) is 0 Å². The van der Waals surface area contributed by atoms with Gasteiger partial charge in [0.15, 0.2) is 0 Å². The topological polar surface area (TPSA) is 50.2 Å². The summed E-state index contributed by atoms with van der Waals surface area (Å²) >= 11 is 0. The van der Waals surface area contributed by atoms with Crippen molar-refractivity contribution in [3.8, 4) is 0 Å². The number of benzene rings is 2. The predicted octanol–water partition coefficient (Wildman–Crippen LogP) is 4.41. The quantitative estimate of drug-likeness (QED) is 0.633. The van der Waals surface area contributed by atoms with Gasteiger partial charge >= 0.3 is 0 Å². The van der Waals surface area contributed by atoms with Crippen molar-refractivity contribution >= 4 is 11.7 Å². The zero-order chi connectivity index (χ0) is 19.9. The maximum Gasteiger partial charge on any atom is 0.256 e. The molecule has 1 aromatic heterocycles. The van der Waals surface area contributed by atoms with Gasteiger partial charge in [0.25, 0.3) is 5.91 Å². The number of hydrogen-bond donors (Lipinski definition) is 1. The van der Waals surface area contributed by atoms with Gasteiger partial charge in [0, 0.05) is 24.2 Å². The third-order valence-corrected chi connectivity index (χ3v) is 4.87. The van der Waals surface area contributed by atoms with E-state index in [9.17, 15) is 4.79 Å². The van der Waals surface area contributed by atoms with E-state index in [2.05, 4.69) is 36.1 Å². The Morgan fingerprint density at radius 2 is 1.75 bits per heavy atom. The normalized spacial score (nSPS) is 11.2. The Hall–Kier alpha value is -2.92. The number of nitrogens with zero attached hydrogens (tertiary/aromatic N) is 3. The van der Waals surface area contributed by atoms with E-state index in [4.69, 9.17) is 0 Å². The van der Waals surface area contributed by atoms with E-state index in [1.165, 1.54) is 5.56 Å². The summed E-state index contributed by atoms with van der Waals surface area (Å²) in [6.45, 7) is 9.07. The first-order valence-corrected chi connectivity index (χ1v) is 9.77. The van der Waals surface area contributed by atoms with Crippen LogP contribution in [0.1, 0.15) is 42.3 Å². The molecule has 0 fully saturated rings. The highest BCUT2D eigenvalue weighted by Crippen LogP contribution is 2.14. The minimum atomic E-state index is -0.127. The highest BCUT2D eigenvalue weighted by atomic mass is 16.1. The first kappa shape index (κ1) is 19.8. The molecule has 0 spiro atoms. The molecule has 0 atom stereocenters. The van der Waals surface area contributed by atoms with E-state index in [1.54, 1.807) is 10.9 Å². The van der Waals surface area contributed by atoms with Crippen LogP contribution in [0.5, 0.6) is 0 Å². The fourth-order valence-corrected chi connectivity index (χ4v) is 3.17. The molecule has 3 aromatic rings. The number of amides is 1. The van der Waals surface area contributed by atoms with Crippen molar-refractivity contribution in [1.82, 2.24) is 14.7 Å². The van der Waals surface area contributed by atoms with E-state index in [0.717, 1.165) is 18.7 Å². The molecule has 2 aromatic carbocycles. The van der Waals surface area contributed by atoms with Crippen molar-refractivity contribution in [2.75, 3.05) is 11.9 Å². The van der Waals surface area contributed by atoms with Crippen LogP contribution in [0.15, 0.2) is 66.9 Å². The van der Waals surface area contributed by atoms with Crippen molar-refractivity contribution in [2.45, 2.75) is 39.9 Å². The number of carbonyl (C=O) groups is 1. The maximum atomic E-state index is 12.7. The van der Waals surface area contributed by atoms with Gasteiger partial charge in [0.05, 0.1) is 12.7 Å². The van der Waals surface area contributed by atoms with E-state index in [0.29, 0.717) is 24.0 Å². The molecule has 0 aliphatic carbocycles. The number of carbonyl (C=O) groups excluding carboxylic acids is 1. The molecule has 0 aliphatic rings. The summed E-state index contributed by atoms with van der Waals surface area (Å²) in [4.78, 5) is 15.0. The molecule has 0 bridgehead atoms. The van der Waals surface area contributed by atoms with E-state index in [1.807, 2.05) is 60.7 Å². The van der Waals surface area contributed by atoms with Crippen LogP contribution in [0.3, 0.4) is 0 Å². The third kappa shape index (κ3) is 5.08. The summed E-state index contributed by atoms with van der Waals surface area (Å²) in [5.74, 6) is 0.562. The van der Waals surface area contributed by atoms with Gasteiger partial charge in [-0.05, 0) is 43.7 Å². The molecule has 5 nitrogen and oxygen atoms in total. The molecular formula is C23H28N4O. The molecule has 1 amide bonds. The fraction of sp³-hybridized carbons (Fsp3) is 0.304. The summed E-state index contributed by atoms with van der Waals surface area (Å²) in [7, 11) is 0. The average molecular weight is 377 g/mol. The zero-order valence-electron chi connectivity index (χ0n) is 16.8. The largest absolute Gasteiger partial charge is 0.307 e. The molecule has 0 aliphatic heterocycles. The fourth-order valence-electron chi connectivity index (χ4n) is 3.17. The SMILES string of the molecule is CCN(Cc1ccc(C(=O)Nc2ccnn2Cc2ccccc2)cc1)C(C)C. The van der Waals surface area contributed by atoms with Crippen LogP contribution in [0.4, 0.5) is 5.82 Å². The van der Waals surface area contributed by atoms with Crippen molar-refractivity contribution in [3.05, 3.63) is 83.6 Å². The van der Waals surface area contributed by atoms with E-state index in [-0.39, 0.29) is 5.91 Å². The smallest absolute Gasteiger partial charge is 0.256 e. The minimum absolute atomic E-state index is 0.127. The first-order valence-electron chi connectivity index (χ1n) is 9.77. The third-order valence-electron chi connectivity index (χ3n) is 4.87. The van der Waals surface area contributed by atoms with Crippen molar-refractivity contribution in [3.63, 3.8) is 0 Å². The molecule has 0 saturated heterocycles. The molecule has 0 unspecified atom stereocenters. The van der Waals surface area contributed by atoms with Crippen LogP contribution < -0.4 is 5.32 Å². The standard InChI is InChI=1S/C23H28N4O/c1-4-26(18(2)3)16-20-10-12-21(13-11-20)23(28)25-22-14-15-24-27(22)17-19-8-6-5-7-9-19/h5-15,18H,4,16-17H2,1-3H3,(H,25,28). The lowest BCUT2D eigenvalue weighted by Crippen LogP contribution is -2.29. The molecule has 1 N–H and O–H groups in total. The Morgan fingerprint density at radius 1 is 1.04 bits per heavy atom. The van der Waals surface area contributed by atoms with Crippen LogP contribution in [0, 0.1) is 0 Å². The summed E-state index contributed by atoms with van der Waals surface area (Å²) in [5.41, 5.74) is 2.99. The van der Waals surface area contributed by atoms with Gasteiger partial charge in [0.2, 0.25) is 0 Å². The van der Waals surface area contributed by atoms with Crippen molar-refractivity contribution < 1.29 is 4.79 Å². The Labute approximate surface area is 167 Å². The lowest BCUT2D eigenvalue weighted by atomic mass is 10.1. The Kier molecular flexibility index (Phi) is 6.61. The molecule has 0 radical (unpaired) electrons. The average Bonchev–Trinajstić information content (AvgIpc) is 3.13. The molecule has 5 heteroatoms. The van der Waals surface area contributed by atoms with Crippen molar-refractivity contribution in [2.24, 2.45) is 0 Å². The van der Waals surface area contributed by atoms with Gasteiger partial charge in [-0.1, -0.05) is 49.4 Å². The van der Waals surface area contributed by atoms with Crippen LogP contribution in [-0.4, -0.2) is 33.2 Å². The molecular weight excluding hydrogens is 348 g/mol. The second kappa shape index (κ2) is 9.33. The number of hydrogen-bond acceptors (Lipinski definition) is 3. The van der Waals surface area contributed by atoms with Gasteiger partial charge in [-0.25, -0.2) is 4.68 Å². The second-order valence-electron chi connectivity index (χ2n) is 7.17. The number of nitrogens with one attached hydrogen (secondary N) is 1. The number of anilines is 1. The summed E-state index contributed by atoms with van der Waals surface area (Å²) < 4.78 is 1.80. The van der Waals surface area contributed by atoms with Crippen LogP contribution in [0.25, 0.3) is 0 Å². The lowest BCUT2D eigenvalue weighted by molar-refractivity contribution is 0.102. The number of rotatable bonds is 8. The van der Waals surface area contributed by atoms with Gasteiger partial charge in [-0.2, -0.15) is 5.10 Å². The molecule has 3 rings (SSSR count). The van der Waals surface area contributed by atoms with E-state index >= 15 is 0 Å². The monoisotopic (exact) mass is 376 g/mol. The van der Waals surface area contributed by atoms with Crippen LogP contribution in [0.2, 0.25) is 0 Å². The van der Waals surface area contributed by atoms with Crippen LogP contribution >= 0.6 is 0 Å². The van der Waals surface area contributed by atoms with Gasteiger partial charge in [-0.15, -0.1) is 0 Å². The van der Waals surface area contributed by atoms with Crippen LogP contribution in [-0.2, 0) is 13.1 Å². The van der Waals surface area contributed by atoms with E-state index < -0.39 is 0 Å². The lowest BCUT2D eigenvalue weighted by Gasteiger charge is -2.24. The second-order valence-corrected chi connectivity index (χ2v) is 7.17. The predicted molar refractivity (Wildman–Crippen MR) is 113 cm³/mol. The first-order chi connectivity index (χ1) is 13.6. The summed E-state index contributed by atoms with van der Waals surface area (Å²) in [6.07, 6.45) is 1.70. The summed E-state index contributed by atoms with van der Waals surface area (Å²) in [6, 6.07) is 20.2. The number of aromatic nitrogens is 2. The highest BCUT2D eigenvalue weighted by molar-refractivity contribution is 6.03.